The Labute approximate surface area is 139 Å². The van der Waals surface area contributed by atoms with Crippen molar-refractivity contribution in [2.45, 2.75) is 33.2 Å². The first-order valence-corrected chi connectivity index (χ1v) is 7.90. The molecule has 0 unspecified atom stereocenters. The van der Waals surface area contributed by atoms with Crippen LogP contribution in [0.2, 0.25) is 0 Å². The Balaban J connectivity index is 2.38. The van der Waals surface area contributed by atoms with Crippen LogP contribution in [0.5, 0.6) is 0 Å². The van der Waals surface area contributed by atoms with Crippen molar-refractivity contribution in [2.24, 2.45) is 0 Å². The van der Waals surface area contributed by atoms with Crippen molar-refractivity contribution in [3.8, 4) is 0 Å². The average Bonchev–Trinajstić information content (AvgIpc) is 2.57. The minimum absolute atomic E-state index is 0.0515. The summed E-state index contributed by atoms with van der Waals surface area (Å²) in [5, 5.41) is 0.418. The fourth-order valence-electron chi connectivity index (χ4n) is 2.41. The summed E-state index contributed by atoms with van der Waals surface area (Å²) < 4.78 is 11.5. The maximum Gasteiger partial charge on any atom is 0.374 e. The zero-order chi connectivity index (χ0) is 17.5. The molecule has 0 amide bonds. The van der Waals surface area contributed by atoms with E-state index in [1.54, 1.807) is 42.7 Å². The maximum absolute atomic E-state index is 12.1. The smallest absolute Gasteiger partial charge is 0.374 e. The Hall–Kier alpha value is -2.70. The highest BCUT2D eigenvalue weighted by Gasteiger charge is 2.18. The Kier molecular flexibility index (Phi) is 6.06. The molecule has 0 aliphatic rings. The molecule has 1 heterocycles. The quantitative estimate of drug-likeness (QED) is 0.720. The zero-order valence-corrected chi connectivity index (χ0v) is 13.8. The first-order valence-electron chi connectivity index (χ1n) is 7.90. The van der Waals surface area contributed by atoms with E-state index in [9.17, 15) is 14.4 Å². The zero-order valence-electron chi connectivity index (χ0n) is 13.8. The van der Waals surface area contributed by atoms with Gasteiger partial charge in [-0.15, -0.1) is 0 Å². The Morgan fingerprint density at radius 1 is 1.12 bits per heavy atom. The van der Waals surface area contributed by atoms with Gasteiger partial charge in [-0.2, -0.15) is 4.98 Å². The molecule has 2 aromatic rings. The molecule has 1 aromatic heterocycles. The van der Waals surface area contributed by atoms with Crippen LogP contribution in [0.3, 0.4) is 0 Å². The van der Waals surface area contributed by atoms with Crippen molar-refractivity contribution >= 4 is 22.8 Å². The fraction of sp³-hybridized carbons (Fsp3) is 0.412. The van der Waals surface area contributed by atoms with Crippen LogP contribution in [0.15, 0.2) is 29.1 Å². The second-order valence-corrected chi connectivity index (χ2v) is 5.04. The molecule has 0 fully saturated rings. The molecule has 0 aliphatic heterocycles. The number of hydrogen-bond donors (Lipinski definition) is 0. The van der Waals surface area contributed by atoms with Gasteiger partial charge in [-0.3, -0.25) is 9.59 Å². The number of fused-ring (bicyclic) bond motifs is 1. The van der Waals surface area contributed by atoms with E-state index in [0.717, 1.165) is 0 Å². The van der Waals surface area contributed by atoms with Crippen LogP contribution in [0.1, 0.15) is 37.3 Å². The van der Waals surface area contributed by atoms with Crippen LogP contribution in [0.25, 0.3) is 10.9 Å². The van der Waals surface area contributed by atoms with E-state index in [1.165, 1.54) is 0 Å². The van der Waals surface area contributed by atoms with Crippen LogP contribution in [-0.4, -0.2) is 34.7 Å². The van der Waals surface area contributed by atoms with Gasteiger partial charge in [-0.1, -0.05) is 12.1 Å². The predicted octanol–water partition coefficient (Wildman–Crippen LogP) is 1.92. The van der Waals surface area contributed by atoms with Crippen LogP contribution in [0, 0.1) is 0 Å². The second-order valence-electron chi connectivity index (χ2n) is 5.04. The number of rotatable bonds is 7. The summed E-state index contributed by atoms with van der Waals surface area (Å²) >= 11 is 0. The lowest BCUT2D eigenvalue weighted by atomic mass is 10.2. The van der Waals surface area contributed by atoms with Gasteiger partial charge in [0.15, 0.2) is 0 Å². The number of nitrogens with zero attached hydrogens (tertiary/aromatic N) is 2. The molecule has 0 aliphatic carbocycles. The Morgan fingerprint density at radius 2 is 1.83 bits per heavy atom. The molecule has 7 heteroatoms. The average molecular weight is 332 g/mol. The third-order valence-electron chi connectivity index (χ3n) is 3.41. The summed E-state index contributed by atoms with van der Waals surface area (Å²) in [6.07, 6.45) is 0.677. The number of benzene rings is 1. The minimum Gasteiger partial charge on any atom is -0.466 e. The molecule has 0 spiro atoms. The lowest BCUT2D eigenvalue weighted by molar-refractivity contribution is -0.143. The molecule has 1 aromatic carbocycles. The van der Waals surface area contributed by atoms with E-state index >= 15 is 0 Å². The number of esters is 2. The van der Waals surface area contributed by atoms with Crippen molar-refractivity contribution in [1.82, 2.24) is 9.55 Å². The van der Waals surface area contributed by atoms with Gasteiger partial charge in [0.1, 0.15) is 0 Å². The molecular weight excluding hydrogens is 312 g/mol. The molecular formula is C17H20N2O5. The molecule has 0 N–H and O–H groups in total. The molecule has 0 saturated carbocycles. The normalized spacial score (nSPS) is 10.6. The van der Waals surface area contributed by atoms with Crippen molar-refractivity contribution in [1.29, 1.82) is 0 Å². The second kappa shape index (κ2) is 8.24. The SMILES string of the molecule is CCOC(=O)CCCn1c(C(=O)OCC)nc(=O)c2ccccc21. The van der Waals surface area contributed by atoms with Gasteiger partial charge in [0.05, 0.1) is 24.1 Å². The molecule has 128 valence electrons. The largest absolute Gasteiger partial charge is 0.466 e. The van der Waals surface area contributed by atoms with Crippen LogP contribution >= 0.6 is 0 Å². The lowest BCUT2D eigenvalue weighted by Gasteiger charge is -2.14. The maximum atomic E-state index is 12.1. The highest BCUT2D eigenvalue weighted by atomic mass is 16.5. The predicted molar refractivity (Wildman–Crippen MR) is 87.8 cm³/mol. The van der Waals surface area contributed by atoms with Gasteiger partial charge in [0, 0.05) is 13.0 Å². The van der Waals surface area contributed by atoms with Gasteiger partial charge in [-0.05, 0) is 32.4 Å². The van der Waals surface area contributed by atoms with Crippen LogP contribution in [0.4, 0.5) is 0 Å². The summed E-state index contributed by atoms with van der Waals surface area (Å²) in [4.78, 5) is 39.6. The molecule has 0 radical (unpaired) electrons. The van der Waals surface area contributed by atoms with Gasteiger partial charge in [-0.25, -0.2) is 4.79 Å². The molecule has 24 heavy (non-hydrogen) atoms. The number of carbonyl (C=O) groups excluding carboxylic acids is 2. The summed E-state index contributed by atoms with van der Waals surface area (Å²) in [6, 6.07) is 6.91. The lowest BCUT2D eigenvalue weighted by Crippen LogP contribution is -2.24. The molecule has 2 rings (SSSR count). The summed E-state index contributed by atoms with van der Waals surface area (Å²) in [6.45, 7) is 4.29. The summed E-state index contributed by atoms with van der Waals surface area (Å²) in [5.74, 6) is -1.01. The number of hydrogen-bond acceptors (Lipinski definition) is 6. The molecule has 7 nitrogen and oxygen atoms in total. The number of ether oxygens (including phenoxy) is 2. The van der Waals surface area contributed by atoms with E-state index in [2.05, 4.69) is 4.98 Å². The van der Waals surface area contributed by atoms with E-state index in [4.69, 9.17) is 9.47 Å². The Bertz CT molecular complexity index is 797. The van der Waals surface area contributed by atoms with E-state index in [-0.39, 0.29) is 24.8 Å². The molecule has 0 saturated heterocycles. The molecule has 0 bridgehead atoms. The van der Waals surface area contributed by atoms with Gasteiger partial charge in [0.2, 0.25) is 5.82 Å². The number of aromatic nitrogens is 2. The highest BCUT2D eigenvalue weighted by Crippen LogP contribution is 2.14. The van der Waals surface area contributed by atoms with Crippen molar-refractivity contribution < 1.29 is 19.1 Å². The van der Waals surface area contributed by atoms with E-state index in [1.807, 2.05) is 0 Å². The third kappa shape index (κ3) is 3.98. The fourth-order valence-corrected chi connectivity index (χ4v) is 2.41. The monoisotopic (exact) mass is 332 g/mol. The third-order valence-corrected chi connectivity index (χ3v) is 3.41. The van der Waals surface area contributed by atoms with Crippen molar-refractivity contribution in [3.05, 3.63) is 40.4 Å². The first kappa shape index (κ1) is 17.7. The highest BCUT2D eigenvalue weighted by molar-refractivity contribution is 5.89. The molecule has 0 atom stereocenters. The van der Waals surface area contributed by atoms with Gasteiger partial charge in [0.25, 0.3) is 5.56 Å². The van der Waals surface area contributed by atoms with E-state index < -0.39 is 11.5 Å². The standard InChI is InChI=1S/C17H20N2O5/c1-3-23-14(20)10-7-11-19-13-9-6-5-8-12(13)16(21)18-15(19)17(22)24-4-2/h5-6,8-9H,3-4,7,10-11H2,1-2H3. The van der Waals surface area contributed by atoms with Gasteiger partial charge >= 0.3 is 11.9 Å². The van der Waals surface area contributed by atoms with Crippen LogP contribution in [-0.2, 0) is 20.8 Å². The van der Waals surface area contributed by atoms with E-state index in [0.29, 0.717) is 30.5 Å². The van der Waals surface area contributed by atoms with Crippen LogP contribution < -0.4 is 5.56 Å². The van der Waals surface area contributed by atoms with Crippen molar-refractivity contribution in [2.75, 3.05) is 13.2 Å². The number of para-hydroxylation sites is 1. The number of aryl methyl sites for hydroxylation is 1. The topological polar surface area (TPSA) is 87.5 Å². The first-order chi connectivity index (χ1) is 11.6. The van der Waals surface area contributed by atoms with Gasteiger partial charge < -0.3 is 14.0 Å². The summed E-state index contributed by atoms with van der Waals surface area (Å²) in [5.41, 5.74) is 0.111. The summed E-state index contributed by atoms with van der Waals surface area (Å²) in [7, 11) is 0. The Morgan fingerprint density at radius 3 is 2.54 bits per heavy atom. The van der Waals surface area contributed by atoms with Crippen molar-refractivity contribution in [3.63, 3.8) is 0 Å². The minimum atomic E-state index is -0.656. The number of carbonyl (C=O) groups is 2.